The molecule has 0 saturated heterocycles. The maximum atomic E-state index is 12.9. The Kier molecular flexibility index (Phi) is 11.3. The lowest BCUT2D eigenvalue weighted by molar-refractivity contribution is -0.151. The average molecular weight is 507 g/mol. The largest absolute Gasteiger partial charge is 0.456 e. The van der Waals surface area contributed by atoms with E-state index in [-0.39, 0.29) is 24.2 Å². The Labute approximate surface area is 213 Å². The number of carbonyl (C=O) groups is 2. The molecule has 1 aliphatic rings. The number of hydrogen-bond acceptors (Lipinski definition) is 8. The molecule has 8 heteroatoms. The number of Topliss-reactive ketones (excluding diaryl/α,β-unsaturated/α-hetero) is 1. The number of nitrogens with one attached hydrogen (secondary N) is 1. The minimum atomic E-state index is -1.19. The van der Waals surface area contributed by atoms with E-state index in [9.17, 15) is 19.8 Å². The number of ether oxygens (including phenoxy) is 1. The van der Waals surface area contributed by atoms with Crippen molar-refractivity contribution in [2.75, 3.05) is 7.05 Å². The highest BCUT2D eigenvalue weighted by molar-refractivity contribution is 7.09. The van der Waals surface area contributed by atoms with Crippen LogP contribution in [0.4, 0.5) is 0 Å². The fourth-order valence-corrected chi connectivity index (χ4v) is 5.17. The Hall–Kier alpha value is -1.87. The van der Waals surface area contributed by atoms with Crippen LogP contribution >= 0.6 is 11.3 Å². The monoisotopic (exact) mass is 506 g/mol. The van der Waals surface area contributed by atoms with Crippen LogP contribution in [0.3, 0.4) is 0 Å². The Morgan fingerprint density at radius 2 is 1.89 bits per heavy atom. The zero-order chi connectivity index (χ0) is 26.3. The van der Waals surface area contributed by atoms with Gasteiger partial charge in [0.15, 0.2) is 0 Å². The maximum absolute atomic E-state index is 12.9. The number of rotatable bonds is 3. The van der Waals surface area contributed by atoms with Crippen LogP contribution in [0.15, 0.2) is 22.6 Å². The summed E-state index contributed by atoms with van der Waals surface area (Å²) in [5, 5.41) is 27.6. The Morgan fingerprint density at radius 3 is 2.49 bits per heavy atom. The molecule has 35 heavy (non-hydrogen) atoms. The van der Waals surface area contributed by atoms with E-state index in [1.54, 1.807) is 25.2 Å². The van der Waals surface area contributed by atoms with Crippen LogP contribution in [-0.4, -0.2) is 58.4 Å². The van der Waals surface area contributed by atoms with Crippen molar-refractivity contribution in [1.82, 2.24) is 10.3 Å². The number of allylic oxidation sites excluding steroid dienone is 1. The van der Waals surface area contributed by atoms with Crippen LogP contribution in [0.5, 0.6) is 0 Å². The molecule has 0 aliphatic carbocycles. The van der Waals surface area contributed by atoms with E-state index in [1.807, 2.05) is 46.2 Å². The van der Waals surface area contributed by atoms with Crippen LogP contribution < -0.4 is 5.32 Å². The number of ketones is 1. The van der Waals surface area contributed by atoms with Crippen molar-refractivity contribution in [1.29, 1.82) is 0 Å². The van der Waals surface area contributed by atoms with Gasteiger partial charge in [-0.1, -0.05) is 32.4 Å². The van der Waals surface area contributed by atoms with Crippen molar-refractivity contribution in [3.63, 3.8) is 0 Å². The fraction of sp³-hybridized carbons (Fsp3) is 0.667. The van der Waals surface area contributed by atoms with Crippen molar-refractivity contribution < 1.29 is 24.5 Å². The molecule has 0 bridgehead atoms. The van der Waals surface area contributed by atoms with Crippen LogP contribution in [0, 0.1) is 24.7 Å². The summed E-state index contributed by atoms with van der Waals surface area (Å²) in [6.45, 7) is 11.2. The minimum Gasteiger partial charge on any atom is -0.456 e. The molecule has 2 heterocycles. The van der Waals surface area contributed by atoms with Gasteiger partial charge in [0.2, 0.25) is 0 Å². The van der Waals surface area contributed by atoms with Gasteiger partial charge in [-0.05, 0) is 64.6 Å². The molecule has 1 aromatic rings. The van der Waals surface area contributed by atoms with E-state index < -0.39 is 36.1 Å². The average Bonchev–Trinajstić information content (AvgIpc) is 3.22. The second-order valence-electron chi connectivity index (χ2n) is 10.0. The molecule has 196 valence electrons. The van der Waals surface area contributed by atoms with Gasteiger partial charge in [0.25, 0.3) is 0 Å². The van der Waals surface area contributed by atoms with E-state index in [0.717, 1.165) is 41.1 Å². The number of thiazole rings is 1. The topological polar surface area (TPSA) is 109 Å². The minimum absolute atomic E-state index is 0.0523. The van der Waals surface area contributed by atoms with Crippen LogP contribution in [0.2, 0.25) is 0 Å². The summed E-state index contributed by atoms with van der Waals surface area (Å²) in [4.78, 5) is 30.3. The molecule has 0 radical (unpaired) electrons. The molecule has 3 N–H and O–H groups in total. The molecule has 0 aromatic carbocycles. The van der Waals surface area contributed by atoms with E-state index in [1.165, 1.54) is 0 Å². The number of likely N-dealkylation sites (N-methyl/N-ethyl adjacent to an activating group) is 1. The number of cyclic esters (lactones) is 1. The molecule has 0 saturated carbocycles. The number of aliphatic hydroxyl groups is 2. The number of nitrogens with zero attached hydrogens (tertiary/aromatic N) is 1. The van der Waals surface area contributed by atoms with Gasteiger partial charge in [-0.2, -0.15) is 0 Å². The van der Waals surface area contributed by atoms with E-state index >= 15 is 0 Å². The summed E-state index contributed by atoms with van der Waals surface area (Å²) in [6.07, 6.45) is 3.60. The van der Waals surface area contributed by atoms with Crippen LogP contribution in [0.25, 0.3) is 6.08 Å². The molecule has 2 rings (SSSR count). The number of carbonyl (C=O) groups excluding carboxylic acids is 2. The van der Waals surface area contributed by atoms with Crippen molar-refractivity contribution in [2.45, 2.75) is 91.6 Å². The number of esters is 1. The molecular formula is C27H42N2O5S. The number of hydrogen-bond donors (Lipinski definition) is 3. The third kappa shape index (κ3) is 8.34. The molecule has 2 unspecified atom stereocenters. The van der Waals surface area contributed by atoms with Crippen LogP contribution in [0.1, 0.15) is 71.0 Å². The molecular weight excluding hydrogens is 464 g/mol. The Balaban J connectivity index is 2.40. The fourth-order valence-electron chi connectivity index (χ4n) is 4.60. The van der Waals surface area contributed by atoms with Gasteiger partial charge in [-0.25, -0.2) is 4.98 Å². The second-order valence-corrected chi connectivity index (χ2v) is 11.1. The molecule has 0 spiro atoms. The lowest BCUT2D eigenvalue weighted by Crippen LogP contribution is -2.42. The first kappa shape index (κ1) is 29.4. The van der Waals surface area contributed by atoms with Crippen molar-refractivity contribution in [3.8, 4) is 0 Å². The van der Waals surface area contributed by atoms with Crippen molar-refractivity contribution >= 4 is 29.2 Å². The first-order valence-electron chi connectivity index (χ1n) is 12.5. The molecule has 0 fully saturated rings. The zero-order valence-corrected chi connectivity index (χ0v) is 22.9. The Morgan fingerprint density at radius 1 is 1.20 bits per heavy atom. The predicted molar refractivity (Wildman–Crippen MR) is 140 cm³/mol. The first-order chi connectivity index (χ1) is 16.4. The number of aliphatic hydroxyl groups excluding tert-OH is 2. The molecule has 7 nitrogen and oxygen atoms in total. The lowest BCUT2D eigenvalue weighted by atomic mass is 9.81. The Bertz CT molecular complexity index is 924. The summed E-state index contributed by atoms with van der Waals surface area (Å²) >= 11 is 1.55. The van der Waals surface area contributed by atoms with Gasteiger partial charge >= 0.3 is 5.97 Å². The van der Waals surface area contributed by atoms with Gasteiger partial charge in [0.05, 0.1) is 35.4 Å². The molecule has 0 amide bonds. The highest BCUT2D eigenvalue weighted by atomic mass is 32.1. The first-order valence-corrected chi connectivity index (χ1v) is 13.4. The standard InChI is InChI=1S/C27H42N2O5S/c1-15-9-8-10-16(2)25(32)19(5)26(33)18(4)23(30)13-24(31)34-27(22(11-15)28-7)17(3)12-21-14-35-20(6)29-21/h11-12,14,16,18-19,22-23,25,27-28,30,32H,8-10,13H2,1-7H3/b15-11-,17-12+/t16-,18?,19+,22?,23-,25-,27+/m0/s1. The molecule has 7 atom stereocenters. The second kappa shape index (κ2) is 13.4. The SMILES string of the molecule is CNC1/C=C(/C)CCC[C@H](C)[C@H](O)[C@@H](C)C(=O)C(C)[C@@H](O)CC(=O)O[C@@H]1/C(C)=C/c1csc(C)n1. The summed E-state index contributed by atoms with van der Waals surface area (Å²) in [6, 6.07) is -0.276. The van der Waals surface area contributed by atoms with Crippen molar-refractivity contribution in [3.05, 3.63) is 33.3 Å². The van der Waals surface area contributed by atoms with Gasteiger partial charge in [-0.3, -0.25) is 9.59 Å². The molecule has 1 aliphatic heterocycles. The summed E-state index contributed by atoms with van der Waals surface area (Å²) in [5.74, 6) is -2.29. The predicted octanol–water partition coefficient (Wildman–Crippen LogP) is 4.07. The maximum Gasteiger partial charge on any atom is 0.309 e. The summed E-state index contributed by atoms with van der Waals surface area (Å²) < 4.78 is 5.90. The van der Waals surface area contributed by atoms with E-state index in [4.69, 9.17) is 4.74 Å². The van der Waals surface area contributed by atoms with E-state index in [0.29, 0.717) is 0 Å². The van der Waals surface area contributed by atoms with Crippen molar-refractivity contribution in [2.24, 2.45) is 17.8 Å². The summed E-state index contributed by atoms with van der Waals surface area (Å²) in [5.41, 5.74) is 2.79. The quantitative estimate of drug-likeness (QED) is 0.419. The zero-order valence-electron chi connectivity index (χ0n) is 22.1. The van der Waals surface area contributed by atoms with Gasteiger partial charge in [0, 0.05) is 17.2 Å². The van der Waals surface area contributed by atoms with Gasteiger partial charge < -0.3 is 20.3 Å². The summed E-state index contributed by atoms with van der Waals surface area (Å²) in [7, 11) is 1.82. The lowest BCUT2D eigenvalue weighted by Gasteiger charge is -2.29. The highest BCUT2D eigenvalue weighted by Crippen LogP contribution is 2.26. The van der Waals surface area contributed by atoms with E-state index in [2.05, 4.69) is 16.4 Å². The van der Waals surface area contributed by atoms with Gasteiger partial charge in [-0.15, -0.1) is 11.3 Å². The van der Waals surface area contributed by atoms with Gasteiger partial charge in [0.1, 0.15) is 11.9 Å². The smallest absolute Gasteiger partial charge is 0.309 e. The third-order valence-electron chi connectivity index (χ3n) is 7.02. The highest BCUT2D eigenvalue weighted by Gasteiger charge is 2.34. The number of aromatic nitrogens is 1. The normalized spacial score (nSPS) is 34.3. The molecule has 1 aromatic heterocycles. The van der Waals surface area contributed by atoms with Crippen LogP contribution in [-0.2, 0) is 14.3 Å². The number of aryl methyl sites for hydroxylation is 1. The third-order valence-corrected chi connectivity index (χ3v) is 7.81.